The number of hydrogen-bond acceptors (Lipinski definition) is 5. The fraction of sp³-hybridized carbons (Fsp3) is 0.174. The van der Waals surface area contributed by atoms with Gasteiger partial charge in [-0.25, -0.2) is 0 Å². The second-order valence-corrected chi connectivity index (χ2v) is 6.44. The van der Waals surface area contributed by atoms with Gasteiger partial charge in [0.2, 0.25) is 5.91 Å². The highest BCUT2D eigenvalue weighted by atomic mass is 16.5. The van der Waals surface area contributed by atoms with Gasteiger partial charge < -0.3 is 19.8 Å². The summed E-state index contributed by atoms with van der Waals surface area (Å²) in [7, 11) is 0. The van der Waals surface area contributed by atoms with Crippen LogP contribution in [0.4, 0.5) is 11.4 Å². The number of amides is 2. The van der Waals surface area contributed by atoms with Crippen molar-refractivity contribution in [2.24, 2.45) is 0 Å². The van der Waals surface area contributed by atoms with Crippen molar-refractivity contribution in [2.45, 2.75) is 19.8 Å². The zero-order chi connectivity index (χ0) is 21.3. The molecule has 30 heavy (non-hydrogen) atoms. The van der Waals surface area contributed by atoms with E-state index in [-0.39, 0.29) is 36.2 Å². The molecule has 3 rings (SSSR count). The number of carbonyl (C=O) groups excluding carboxylic acids is 3. The Labute approximate surface area is 174 Å². The lowest BCUT2D eigenvalue weighted by molar-refractivity contribution is -0.116. The molecule has 2 amide bonds. The SMILES string of the molecule is CCOc1ccc(C(=O)CCC(=O)Nc2cccc(NC(=O)c3ccco3)c2)cc1. The third-order valence-electron chi connectivity index (χ3n) is 4.22. The molecule has 0 atom stereocenters. The highest BCUT2D eigenvalue weighted by molar-refractivity contribution is 6.03. The van der Waals surface area contributed by atoms with E-state index >= 15 is 0 Å². The van der Waals surface area contributed by atoms with Crippen molar-refractivity contribution in [3.8, 4) is 5.75 Å². The largest absolute Gasteiger partial charge is 0.494 e. The van der Waals surface area contributed by atoms with E-state index in [0.29, 0.717) is 29.3 Å². The summed E-state index contributed by atoms with van der Waals surface area (Å²) in [5, 5.41) is 5.43. The Balaban J connectivity index is 1.51. The average Bonchev–Trinajstić information content (AvgIpc) is 3.28. The van der Waals surface area contributed by atoms with Gasteiger partial charge in [0.25, 0.3) is 5.91 Å². The monoisotopic (exact) mass is 406 g/mol. The molecule has 3 aromatic rings. The van der Waals surface area contributed by atoms with Crippen LogP contribution in [0.15, 0.2) is 71.3 Å². The highest BCUT2D eigenvalue weighted by Crippen LogP contribution is 2.18. The molecule has 2 N–H and O–H groups in total. The molecular formula is C23H22N2O5. The van der Waals surface area contributed by atoms with E-state index in [4.69, 9.17) is 9.15 Å². The number of carbonyl (C=O) groups is 3. The molecule has 0 radical (unpaired) electrons. The summed E-state index contributed by atoms with van der Waals surface area (Å²) >= 11 is 0. The predicted molar refractivity (Wildman–Crippen MR) is 113 cm³/mol. The van der Waals surface area contributed by atoms with Crippen LogP contribution < -0.4 is 15.4 Å². The minimum atomic E-state index is -0.385. The van der Waals surface area contributed by atoms with Gasteiger partial charge in [0, 0.05) is 29.8 Å². The quantitative estimate of drug-likeness (QED) is 0.509. The van der Waals surface area contributed by atoms with Gasteiger partial charge in [-0.05, 0) is 61.5 Å². The Kier molecular flexibility index (Phi) is 7.00. The summed E-state index contributed by atoms with van der Waals surface area (Å²) in [4.78, 5) is 36.5. The number of ketones is 1. The lowest BCUT2D eigenvalue weighted by atomic mass is 10.1. The van der Waals surface area contributed by atoms with Crippen molar-refractivity contribution >= 4 is 29.0 Å². The normalized spacial score (nSPS) is 10.3. The van der Waals surface area contributed by atoms with E-state index < -0.39 is 0 Å². The molecule has 0 spiro atoms. The topological polar surface area (TPSA) is 97.6 Å². The number of anilines is 2. The Morgan fingerprint density at radius 2 is 1.63 bits per heavy atom. The Hall–Kier alpha value is -3.87. The fourth-order valence-electron chi connectivity index (χ4n) is 2.77. The Morgan fingerprint density at radius 3 is 2.30 bits per heavy atom. The summed E-state index contributed by atoms with van der Waals surface area (Å²) in [5.41, 5.74) is 1.57. The molecular weight excluding hydrogens is 384 g/mol. The second kappa shape index (κ2) is 10.1. The molecule has 0 bridgehead atoms. The first-order chi connectivity index (χ1) is 14.5. The number of ether oxygens (including phenoxy) is 1. The van der Waals surface area contributed by atoms with Gasteiger partial charge in [-0.15, -0.1) is 0 Å². The highest BCUT2D eigenvalue weighted by Gasteiger charge is 2.12. The maximum absolute atomic E-state index is 12.3. The van der Waals surface area contributed by atoms with Gasteiger partial charge in [-0.2, -0.15) is 0 Å². The minimum Gasteiger partial charge on any atom is -0.494 e. The summed E-state index contributed by atoms with van der Waals surface area (Å²) in [6.07, 6.45) is 1.56. The molecule has 0 aliphatic carbocycles. The van der Waals surface area contributed by atoms with Gasteiger partial charge in [-0.3, -0.25) is 14.4 Å². The van der Waals surface area contributed by atoms with Crippen LogP contribution in [0.25, 0.3) is 0 Å². The lowest BCUT2D eigenvalue weighted by Gasteiger charge is -2.08. The van der Waals surface area contributed by atoms with Crippen molar-refractivity contribution in [2.75, 3.05) is 17.2 Å². The van der Waals surface area contributed by atoms with Crippen LogP contribution in [0.1, 0.15) is 40.7 Å². The van der Waals surface area contributed by atoms with Crippen molar-refractivity contribution in [3.63, 3.8) is 0 Å². The number of hydrogen-bond donors (Lipinski definition) is 2. The molecule has 0 aliphatic heterocycles. The molecule has 7 heteroatoms. The predicted octanol–water partition coefficient (Wildman–Crippen LogP) is 4.53. The van der Waals surface area contributed by atoms with Gasteiger partial charge in [0.1, 0.15) is 5.75 Å². The van der Waals surface area contributed by atoms with Crippen LogP contribution in [0.2, 0.25) is 0 Å². The molecule has 1 aromatic heterocycles. The minimum absolute atomic E-state index is 0.0506. The third-order valence-corrected chi connectivity index (χ3v) is 4.22. The Morgan fingerprint density at radius 1 is 0.900 bits per heavy atom. The molecule has 0 saturated carbocycles. The standard InChI is InChI=1S/C23H22N2O5/c1-2-29-19-10-8-16(9-11-19)20(26)12-13-22(27)24-17-5-3-6-18(15-17)25-23(28)21-7-4-14-30-21/h3-11,14-15H,2,12-13H2,1H3,(H,24,27)(H,25,28). The van der Waals surface area contributed by atoms with E-state index in [0.717, 1.165) is 0 Å². The fourth-order valence-corrected chi connectivity index (χ4v) is 2.77. The lowest BCUT2D eigenvalue weighted by Crippen LogP contribution is -2.14. The number of rotatable bonds is 9. The van der Waals surface area contributed by atoms with Gasteiger partial charge in [0.15, 0.2) is 11.5 Å². The van der Waals surface area contributed by atoms with Crippen LogP contribution in [-0.2, 0) is 4.79 Å². The number of Topliss-reactive ketones (excluding diaryl/α,β-unsaturated/α-hetero) is 1. The zero-order valence-corrected chi connectivity index (χ0v) is 16.5. The molecule has 1 heterocycles. The first kappa shape index (κ1) is 20.9. The summed E-state index contributed by atoms with van der Waals surface area (Å²) in [6, 6.07) is 16.8. The maximum atomic E-state index is 12.3. The number of benzene rings is 2. The first-order valence-corrected chi connectivity index (χ1v) is 9.56. The van der Waals surface area contributed by atoms with Crippen molar-refractivity contribution in [1.82, 2.24) is 0 Å². The van der Waals surface area contributed by atoms with E-state index in [2.05, 4.69) is 10.6 Å². The zero-order valence-electron chi connectivity index (χ0n) is 16.5. The van der Waals surface area contributed by atoms with Crippen LogP contribution in [0.5, 0.6) is 5.75 Å². The first-order valence-electron chi connectivity index (χ1n) is 9.56. The van der Waals surface area contributed by atoms with Crippen LogP contribution in [0, 0.1) is 0 Å². The van der Waals surface area contributed by atoms with Crippen LogP contribution in [-0.4, -0.2) is 24.2 Å². The van der Waals surface area contributed by atoms with E-state index in [9.17, 15) is 14.4 Å². The molecule has 7 nitrogen and oxygen atoms in total. The Bertz CT molecular complexity index is 1010. The van der Waals surface area contributed by atoms with Gasteiger partial charge >= 0.3 is 0 Å². The average molecular weight is 406 g/mol. The smallest absolute Gasteiger partial charge is 0.291 e. The third kappa shape index (κ3) is 5.81. The van der Waals surface area contributed by atoms with Crippen molar-refractivity contribution in [1.29, 1.82) is 0 Å². The van der Waals surface area contributed by atoms with Gasteiger partial charge in [-0.1, -0.05) is 6.07 Å². The van der Waals surface area contributed by atoms with Crippen molar-refractivity contribution in [3.05, 3.63) is 78.3 Å². The molecule has 2 aromatic carbocycles. The van der Waals surface area contributed by atoms with Gasteiger partial charge in [0.05, 0.1) is 12.9 Å². The van der Waals surface area contributed by atoms with Crippen LogP contribution >= 0.6 is 0 Å². The summed E-state index contributed by atoms with van der Waals surface area (Å²) in [6.45, 7) is 2.45. The summed E-state index contributed by atoms with van der Waals surface area (Å²) in [5.74, 6) is 0.101. The molecule has 0 fully saturated rings. The molecule has 0 aliphatic rings. The van der Waals surface area contributed by atoms with Crippen LogP contribution in [0.3, 0.4) is 0 Å². The van der Waals surface area contributed by atoms with E-state index in [1.54, 1.807) is 60.7 Å². The maximum Gasteiger partial charge on any atom is 0.291 e. The molecule has 0 unspecified atom stereocenters. The second-order valence-electron chi connectivity index (χ2n) is 6.44. The number of furan rings is 1. The number of nitrogens with one attached hydrogen (secondary N) is 2. The molecule has 154 valence electrons. The van der Waals surface area contributed by atoms with Crippen molar-refractivity contribution < 1.29 is 23.5 Å². The van der Waals surface area contributed by atoms with E-state index in [1.807, 2.05) is 6.92 Å². The molecule has 0 saturated heterocycles. The van der Waals surface area contributed by atoms with E-state index in [1.165, 1.54) is 6.26 Å². The summed E-state index contributed by atoms with van der Waals surface area (Å²) < 4.78 is 10.4.